The lowest BCUT2D eigenvalue weighted by atomic mass is 9.82. The fourth-order valence-electron chi connectivity index (χ4n) is 5.70. The first kappa shape index (κ1) is 24.9. The Hall–Kier alpha value is -3.44. The minimum atomic E-state index is -4.47. The van der Waals surface area contributed by atoms with E-state index < -0.39 is 11.7 Å². The third-order valence-corrected chi connectivity index (χ3v) is 7.79. The second-order valence-electron chi connectivity index (χ2n) is 10.2. The van der Waals surface area contributed by atoms with Gasteiger partial charge in [-0.1, -0.05) is 18.9 Å². The second-order valence-corrected chi connectivity index (χ2v) is 10.2. The first-order valence-electron chi connectivity index (χ1n) is 12.9. The minimum absolute atomic E-state index is 0.0444. The smallest absolute Gasteiger partial charge is 0.416 e. The third-order valence-electron chi connectivity index (χ3n) is 7.79. The van der Waals surface area contributed by atoms with Crippen LogP contribution in [-0.2, 0) is 11.0 Å². The Bertz CT molecular complexity index is 1370. The van der Waals surface area contributed by atoms with Gasteiger partial charge in [-0.3, -0.25) is 19.8 Å². The maximum atomic E-state index is 13.2. The van der Waals surface area contributed by atoms with E-state index in [1.165, 1.54) is 12.1 Å². The van der Waals surface area contributed by atoms with Crippen LogP contribution in [0.3, 0.4) is 0 Å². The molecule has 2 aliphatic heterocycles. The normalized spacial score (nSPS) is 24.8. The van der Waals surface area contributed by atoms with Crippen molar-refractivity contribution in [1.29, 1.82) is 0 Å². The number of hydrogen-bond acceptors (Lipinski definition) is 6. The molecule has 200 valence electrons. The summed E-state index contributed by atoms with van der Waals surface area (Å²) in [6.45, 7) is 2.24. The van der Waals surface area contributed by atoms with E-state index in [0.29, 0.717) is 42.8 Å². The lowest BCUT2D eigenvalue weighted by Gasteiger charge is -2.46. The Labute approximate surface area is 217 Å². The van der Waals surface area contributed by atoms with E-state index in [4.69, 9.17) is 4.42 Å². The molecule has 3 heterocycles. The molecule has 11 heteroatoms. The number of nitrogens with zero attached hydrogens (tertiary/aromatic N) is 3. The molecule has 1 aliphatic carbocycles. The number of carbonyl (C=O) groups is 2. The molecule has 3 aliphatic rings. The number of aromatic nitrogens is 1. The van der Waals surface area contributed by atoms with Gasteiger partial charge in [0.15, 0.2) is 5.58 Å². The van der Waals surface area contributed by atoms with Crippen LogP contribution in [0, 0.1) is 5.92 Å². The number of halogens is 3. The Morgan fingerprint density at radius 1 is 1.03 bits per heavy atom. The molecule has 3 aromatic rings. The van der Waals surface area contributed by atoms with Crippen LogP contribution >= 0.6 is 0 Å². The van der Waals surface area contributed by atoms with Crippen molar-refractivity contribution >= 4 is 22.9 Å². The fraction of sp³-hybridized carbons (Fsp3) is 0.444. The number of piperazine rings is 1. The molecule has 2 amide bonds. The topological polar surface area (TPSA) is 90.7 Å². The van der Waals surface area contributed by atoms with Gasteiger partial charge in [-0.15, -0.1) is 0 Å². The van der Waals surface area contributed by atoms with Crippen molar-refractivity contribution in [2.24, 2.45) is 5.92 Å². The zero-order valence-corrected chi connectivity index (χ0v) is 20.6. The van der Waals surface area contributed by atoms with Crippen molar-refractivity contribution in [3.8, 4) is 11.5 Å². The molecule has 2 saturated heterocycles. The lowest BCUT2D eigenvalue weighted by Crippen LogP contribution is -2.69. The molecule has 38 heavy (non-hydrogen) atoms. The molecule has 6 rings (SSSR count). The molecule has 3 fully saturated rings. The van der Waals surface area contributed by atoms with Gasteiger partial charge in [0.2, 0.25) is 11.8 Å². The van der Waals surface area contributed by atoms with Crippen molar-refractivity contribution in [2.45, 2.75) is 44.2 Å². The summed E-state index contributed by atoms with van der Waals surface area (Å²) in [5.41, 5.74) is 0.639. The van der Waals surface area contributed by atoms with Gasteiger partial charge in [-0.25, -0.2) is 4.98 Å². The molecule has 0 bridgehead atoms. The average Bonchev–Trinajstić information content (AvgIpc) is 3.36. The summed E-state index contributed by atoms with van der Waals surface area (Å²) in [5.74, 6) is 0.0629. The van der Waals surface area contributed by atoms with Crippen molar-refractivity contribution in [1.82, 2.24) is 25.4 Å². The molecule has 1 aromatic heterocycles. The Morgan fingerprint density at radius 2 is 1.82 bits per heavy atom. The molecule has 2 aromatic carbocycles. The summed E-state index contributed by atoms with van der Waals surface area (Å²) >= 11 is 0. The van der Waals surface area contributed by atoms with Crippen LogP contribution in [0.1, 0.15) is 41.6 Å². The predicted octanol–water partition coefficient (Wildman–Crippen LogP) is 3.83. The van der Waals surface area contributed by atoms with Crippen LogP contribution in [0.2, 0.25) is 0 Å². The van der Waals surface area contributed by atoms with Crippen molar-refractivity contribution in [2.75, 3.05) is 26.2 Å². The van der Waals surface area contributed by atoms with Gasteiger partial charge >= 0.3 is 6.18 Å². The number of nitrogens with one attached hydrogen (secondary N) is 2. The zero-order valence-electron chi connectivity index (χ0n) is 20.6. The van der Waals surface area contributed by atoms with E-state index in [9.17, 15) is 22.8 Å². The number of fused-ring (bicyclic) bond motifs is 2. The highest BCUT2D eigenvalue weighted by Crippen LogP contribution is 2.33. The van der Waals surface area contributed by atoms with Crippen LogP contribution in [0.15, 0.2) is 46.9 Å². The summed E-state index contributed by atoms with van der Waals surface area (Å²) in [6.07, 6.45) is -0.536. The minimum Gasteiger partial charge on any atom is -0.436 e. The summed E-state index contributed by atoms with van der Waals surface area (Å²) in [4.78, 5) is 34.1. The zero-order chi connectivity index (χ0) is 26.4. The van der Waals surface area contributed by atoms with Crippen molar-refractivity contribution in [3.63, 3.8) is 0 Å². The summed E-state index contributed by atoms with van der Waals surface area (Å²) in [6, 6.07) is 9.88. The third kappa shape index (κ3) is 4.76. The van der Waals surface area contributed by atoms with Crippen LogP contribution < -0.4 is 10.6 Å². The van der Waals surface area contributed by atoms with Gasteiger partial charge < -0.3 is 14.6 Å². The standard InChI is InChI=1S/C27H28F3N5O3/c28-27(29,30)18-5-3-4-16(14-18)24-31-21-9-8-17(15-22(21)38-24)25(37)34-10-12-35(13-11-34)26-32-20-7-2-1-6-19(20)23(36)33-26/h3-5,8-9,14-15,19-20,26,32H,1-2,6-7,10-13H2,(H,33,36). The summed E-state index contributed by atoms with van der Waals surface area (Å²) in [7, 11) is 0. The van der Waals surface area contributed by atoms with Gasteiger partial charge in [-0.2, -0.15) is 13.2 Å². The van der Waals surface area contributed by atoms with Crippen LogP contribution in [0.5, 0.6) is 0 Å². The largest absolute Gasteiger partial charge is 0.436 e. The Kier molecular flexibility index (Phi) is 6.35. The predicted molar refractivity (Wildman–Crippen MR) is 133 cm³/mol. The number of oxazole rings is 1. The van der Waals surface area contributed by atoms with Gasteiger partial charge in [0.25, 0.3) is 5.91 Å². The highest BCUT2D eigenvalue weighted by Gasteiger charge is 2.40. The van der Waals surface area contributed by atoms with E-state index in [1.54, 1.807) is 23.1 Å². The fourth-order valence-corrected chi connectivity index (χ4v) is 5.70. The number of benzene rings is 2. The quantitative estimate of drug-likeness (QED) is 0.538. The first-order chi connectivity index (χ1) is 18.3. The van der Waals surface area contributed by atoms with Gasteiger partial charge in [0, 0.05) is 43.3 Å². The molecular weight excluding hydrogens is 499 g/mol. The molecule has 2 N–H and O–H groups in total. The average molecular weight is 528 g/mol. The number of amides is 2. The van der Waals surface area contributed by atoms with E-state index in [1.807, 2.05) is 0 Å². The number of rotatable bonds is 3. The van der Waals surface area contributed by atoms with Gasteiger partial charge in [-0.05, 0) is 49.2 Å². The van der Waals surface area contributed by atoms with Crippen molar-refractivity contribution in [3.05, 3.63) is 53.6 Å². The van der Waals surface area contributed by atoms with E-state index in [2.05, 4.69) is 20.5 Å². The van der Waals surface area contributed by atoms with E-state index in [-0.39, 0.29) is 41.5 Å². The Balaban J connectivity index is 1.12. The summed E-state index contributed by atoms with van der Waals surface area (Å²) in [5, 5.41) is 6.69. The van der Waals surface area contributed by atoms with Crippen LogP contribution in [0.25, 0.3) is 22.6 Å². The molecule has 1 saturated carbocycles. The molecular formula is C27H28F3N5O3. The highest BCUT2D eigenvalue weighted by atomic mass is 19.4. The molecule has 8 nitrogen and oxygen atoms in total. The highest BCUT2D eigenvalue weighted by molar-refractivity contribution is 5.97. The van der Waals surface area contributed by atoms with Crippen LogP contribution in [-0.4, -0.2) is 65.1 Å². The second kappa shape index (κ2) is 9.70. The van der Waals surface area contributed by atoms with E-state index >= 15 is 0 Å². The maximum Gasteiger partial charge on any atom is 0.416 e. The number of alkyl halides is 3. The molecule has 3 atom stereocenters. The molecule has 0 spiro atoms. The van der Waals surface area contributed by atoms with E-state index in [0.717, 1.165) is 37.8 Å². The molecule has 3 unspecified atom stereocenters. The summed E-state index contributed by atoms with van der Waals surface area (Å²) < 4.78 is 45.0. The van der Waals surface area contributed by atoms with Gasteiger partial charge in [0.1, 0.15) is 11.8 Å². The molecule has 0 radical (unpaired) electrons. The Morgan fingerprint density at radius 3 is 2.61 bits per heavy atom. The van der Waals surface area contributed by atoms with Gasteiger partial charge in [0.05, 0.1) is 11.5 Å². The maximum absolute atomic E-state index is 13.2. The first-order valence-corrected chi connectivity index (χ1v) is 12.9. The van der Waals surface area contributed by atoms with Crippen molar-refractivity contribution < 1.29 is 27.2 Å². The van der Waals surface area contributed by atoms with Crippen LogP contribution in [0.4, 0.5) is 13.2 Å². The number of hydrogen-bond donors (Lipinski definition) is 2. The SMILES string of the molecule is O=C1NC(N2CCN(C(=O)c3ccc4nc(-c5cccc(C(F)(F)F)c5)oc4c3)CC2)NC2CCCCC12. The monoisotopic (exact) mass is 527 g/mol. The lowest BCUT2D eigenvalue weighted by molar-refractivity contribution is -0.137. The number of carbonyl (C=O) groups excluding carboxylic acids is 2.